The lowest BCUT2D eigenvalue weighted by molar-refractivity contribution is -0.132. The first-order valence-corrected chi connectivity index (χ1v) is 14.0. The van der Waals surface area contributed by atoms with Crippen LogP contribution < -0.4 is 4.90 Å². The summed E-state index contributed by atoms with van der Waals surface area (Å²) in [4.78, 5) is 33.0. The number of amides is 2. The molecule has 2 aliphatic rings. The van der Waals surface area contributed by atoms with Crippen LogP contribution in [0.2, 0.25) is 10.0 Å². The molecule has 2 atom stereocenters. The lowest BCUT2D eigenvalue weighted by Gasteiger charge is -2.34. The van der Waals surface area contributed by atoms with Gasteiger partial charge in [0.25, 0.3) is 0 Å². The molecule has 0 spiro atoms. The zero-order valence-corrected chi connectivity index (χ0v) is 23.2. The predicted octanol–water partition coefficient (Wildman–Crippen LogP) is 6.35. The monoisotopic (exact) mass is 549 g/mol. The van der Waals surface area contributed by atoms with Gasteiger partial charge in [0.05, 0.1) is 6.42 Å². The predicted molar refractivity (Wildman–Crippen MR) is 153 cm³/mol. The summed E-state index contributed by atoms with van der Waals surface area (Å²) in [5, 5.41) is 1.33. The molecule has 7 heteroatoms. The molecule has 0 unspecified atom stereocenters. The Bertz CT molecular complexity index is 1300. The number of rotatable bonds is 4. The molecule has 2 heterocycles. The fraction of sp³-hybridized carbons (Fsp3) is 0.355. The van der Waals surface area contributed by atoms with E-state index in [-0.39, 0.29) is 24.3 Å². The summed E-state index contributed by atoms with van der Waals surface area (Å²) in [6.45, 7) is 4.13. The molecule has 1 fully saturated rings. The lowest BCUT2D eigenvalue weighted by atomic mass is 10.1. The van der Waals surface area contributed by atoms with Crippen LogP contribution in [0, 0.1) is 0 Å². The highest BCUT2D eigenvalue weighted by molar-refractivity contribution is 6.31. The molecule has 5 nitrogen and oxygen atoms in total. The van der Waals surface area contributed by atoms with Gasteiger partial charge in [0, 0.05) is 60.9 Å². The van der Waals surface area contributed by atoms with Crippen LogP contribution in [0.25, 0.3) is 0 Å². The lowest BCUT2D eigenvalue weighted by Crippen LogP contribution is -2.45. The van der Waals surface area contributed by atoms with Crippen LogP contribution in [0.3, 0.4) is 0 Å². The minimum atomic E-state index is 0.0180. The third-order valence-corrected chi connectivity index (χ3v) is 8.46. The molecular formula is C31H33Cl2N3O2. The molecule has 38 heavy (non-hydrogen) atoms. The first-order chi connectivity index (χ1) is 18.4. The Balaban J connectivity index is 1.50. The van der Waals surface area contributed by atoms with Gasteiger partial charge in [-0.25, -0.2) is 0 Å². The van der Waals surface area contributed by atoms with Gasteiger partial charge in [0.1, 0.15) is 0 Å². The molecule has 5 rings (SSSR count). The second kappa shape index (κ2) is 11.9. The van der Waals surface area contributed by atoms with Gasteiger partial charge >= 0.3 is 0 Å². The van der Waals surface area contributed by atoms with Crippen molar-refractivity contribution in [3.8, 4) is 0 Å². The molecule has 0 N–H and O–H groups in total. The van der Waals surface area contributed by atoms with Gasteiger partial charge in [-0.15, -0.1) is 0 Å². The van der Waals surface area contributed by atoms with Crippen LogP contribution >= 0.6 is 23.2 Å². The zero-order valence-electron chi connectivity index (χ0n) is 21.7. The van der Waals surface area contributed by atoms with E-state index in [1.165, 1.54) is 5.56 Å². The van der Waals surface area contributed by atoms with Crippen molar-refractivity contribution in [2.45, 2.75) is 57.8 Å². The quantitative estimate of drug-likeness (QED) is 0.380. The van der Waals surface area contributed by atoms with Gasteiger partial charge in [-0.2, -0.15) is 0 Å². The molecule has 2 amide bonds. The summed E-state index contributed by atoms with van der Waals surface area (Å²) in [7, 11) is 0. The average molecular weight is 551 g/mol. The van der Waals surface area contributed by atoms with Crippen molar-refractivity contribution >= 4 is 40.7 Å². The van der Waals surface area contributed by atoms with Crippen molar-refractivity contribution in [2.75, 3.05) is 18.0 Å². The van der Waals surface area contributed by atoms with Gasteiger partial charge < -0.3 is 9.80 Å². The van der Waals surface area contributed by atoms with Gasteiger partial charge in [-0.1, -0.05) is 71.7 Å². The second-order valence-electron chi connectivity index (χ2n) is 10.3. The SMILES string of the molecule is CC(=O)N1CC[C@H]2CC[C@@H](CN(C(=O)Cc3ccccc3Cl)Cc3ccccc31)N2Cc1ccc(Cl)cc1. The van der Waals surface area contributed by atoms with Gasteiger partial charge in [0.15, 0.2) is 0 Å². The highest BCUT2D eigenvalue weighted by Crippen LogP contribution is 2.33. The number of halogens is 2. The Kier molecular flexibility index (Phi) is 8.37. The number of hydrogen-bond acceptors (Lipinski definition) is 3. The summed E-state index contributed by atoms with van der Waals surface area (Å²) >= 11 is 12.6. The molecule has 2 bridgehead atoms. The number of carbonyl (C=O) groups excluding carboxylic acids is 2. The Labute approximate surface area is 234 Å². The third-order valence-electron chi connectivity index (χ3n) is 7.84. The van der Waals surface area contributed by atoms with Gasteiger partial charge in [0.2, 0.25) is 11.8 Å². The summed E-state index contributed by atoms with van der Waals surface area (Å²) in [6, 6.07) is 24.1. The largest absolute Gasteiger partial charge is 0.336 e. The highest BCUT2D eigenvalue weighted by Gasteiger charge is 2.36. The van der Waals surface area contributed by atoms with E-state index in [0.717, 1.165) is 47.6 Å². The molecule has 2 aliphatic heterocycles. The third kappa shape index (κ3) is 6.06. The maximum absolute atomic E-state index is 13.8. The fourth-order valence-corrected chi connectivity index (χ4v) is 6.17. The smallest absolute Gasteiger partial charge is 0.227 e. The van der Waals surface area contributed by atoms with E-state index >= 15 is 0 Å². The minimum Gasteiger partial charge on any atom is -0.336 e. The maximum Gasteiger partial charge on any atom is 0.227 e. The van der Waals surface area contributed by atoms with E-state index < -0.39 is 0 Å². The number of anilines is 1. The number of benzene rings is 3. The Morgan fingerprint density at radius 1 is 0.868 bits per heavy atom. The topological polar surface area (TPSA) is 43.9 Å². The molecule has 0 aromatic heterocycles. The molecule has 0 aliphatic carbocycles. The number of carbonyl (C=O) groups is 2. The van der Waals surface area contributed by atoms with Crippen LogP contribution in [0.4, 0.5) is 5.69 Å². The molecule has 1 saturated heterocycles. The number of fused-ring (bicyclic) bond motifs is 3. The maximum atomic E-state index is 13.8. The first kappa shape index (κ1) is 26.7. The van der Waals surface area contributed by atoms with Crippen LogP contribution in [0.15, 0.2) is 72.8 Å². The molecule has 3 aromatic carbocycles. The van der Waals surface area contributed by atoms with Crippen molar-refractivity contribution in [2.24, 2.45) is 0 Å². The Hall–Kier alpha value is -2.86. The molecule has 3 aromatic rings. The van der Waals surface area contributed by atoms with Gasteiger partial charge in [-0.05, 0) is 60.2 Å². The molecule has 0 saturated carbocycles. The minimum absolute atomic E-state index is 0.0180. The first-order valence-electron chi connectivity index (χ1n) is 13.3. The number of para-hydroxylation sites is 1. The normalized spacial score (nSPS) is 20.1. The summed E-state index contributed by atoms with van der Waals surface area (Å²) in [5.41, 5.74) is 3.89. The number of nitrogens with zero attached hydrogens (tertiary/aromatic N) is 3. The van der Waals surface area contributed by atoms with Crippen LogP contribution in [0.5, 0.6) is 0 Å². The van der Waals surface area contributed by atoms with E-state index in [4.69, 9.17) is 23.2 Å². The van der Waals surface area contributed by atoms with Crippen molar-refractivity contribution < 1.29 is 9.59 Å². The van der Waals surface area contributed by atoms with Gasteiger partial charge in [-0.3, -0.25) is 14.5 Å². The van der Waals surface area contributed by atoms with Crippen LogP contribution in [-0.4, -0.2) is 46.8 Å². The Morgan fingerprint density at radius 2 is 1.58 bits per heavy atom. The average Bonchev–Trinajstić information content (AvgIpc) is 3.26. The standard InChI is InChI=1S/C31H33Cl2N3O2/c1-22(37)35-17-16-27-14-15-28(36(27)19-23-10-12-26(32)13-11-23)21-34(20-25-7-3-5-9-30(25)35)31(38)18-24-6-2-4-8-29(24)33/h2-13,27-28H,14-21H2,1H3/t27-,28+/m1/s1. The summed E-state index contributed by atoms with van der Waals surface area (Å²) in [6.07, 6.45) is 3.17. The van der Waals surface area contributed by atoms with Crippen molar-refractivity contribution in [3.05, 3.63) is 99.5 Å². The van der Waals surface area contributed by atoms with Crippen molar-refractivity contribution in [1.29, 1.82) is 0 Å². The molecule has 0 radical (unpaired) electrons. The molecular weight excluding hydrogens is 517 g/mol. The van der Waals surface area contributed by atoms with E-state index in [9.17, 15) is 9.59 Å². The second-order valence-corrected chi connectivity index (χ2v) is 11.2. The highest BCUT2D eigenvalue weighted by atomic mass is 35.5. The number of hydrogen-bond donors (Lipinski definition) is 0. The Morgan fingerprint density at radius 3 is 2.34 bits per heavy atom. The summed E-state index contributed by atoms with van der Waals surface area (Å²) in [5.74, 6) is 0.0563. The van der Waals surface area contributed by atoms with E-state index in [0.29, 0.717) is 30.7 Å². The van der Waals surface area contributed by atoms with E-state index in [2.05, 4.69) is 17.0 Å². The van der Waals surface area contributed by atoms with Crippen LogP contribution in [-0.2, 0) is 29.1 Å². The summed E-state index contributed by atoms with van der Waals surface area (Å²) < 4.78 is 0. The van der Waals surface area contributed by atoms with Crippen LogP contribution in [0.1, 0.15) is 42.9 Å². The van der Waals surface area contributed by atoms with E-state index in [1.54, 1.807) is 6.92 Å². The van der Waals surface area contributed by atoms with E-state index in [1.807, 2.05) is 70.5 Å². The van der Waals surface area contributed by atoms with Crippen molar-refractivity contribution in [3.63, 3.8) is 0 Å². The van der Waals surface area contributed by atoms with Crippen molar-refractivity contribution in [1.82, 2.24) is 9.80 Å². The molecule has 198 valence electrons. The zero-order chi connectivity index (χ0) is 26.6. The fourth-order valence-electron chi connectivity index (χ4n) is 5.84.